The van der Waals surface area contributed by atoms with Gasteiger partial charge in [0.25, 0.3) is 5.69 Å². The Morgan fingerprint density at radius 3 is 2.59 bits per heavy atom. The van der Waals surface area contributed by atoms with Crippen molar-refractivity contribution in [1.29, 1.82) is 0 Å². The second kappa shape index (κ2) is 5.53. The highest BCUT2D eigenvalue weighted by Gasteiger charge is 2.24. The molecule has 0 radical (unpaired) electrons. The monoisotopic (exact) mass is 301 g/mol. The van der Waals surface area contributed by atoms with Crippen LogP contribution >= 0.6 is 0 Å². The van der Waals surface area contributed by atoms with Gasteiger partial charge in [-0.2, -0.15) is 0 Å². The number of aromatic nitrogens is 1. The van der Waals surface area contributed by atoms with Gasteiger partial charge in [0.15, 0.2) is 0 Å². The van der Waals surface area contributed by atoms with Crippen LogP contribution < -0.4 is 4.90 Å². The number of ether oxygens (including phenoxy) is 1. The minimum atomic E-state index is -0.367. The van der Waals surface area contributed by atoms with E-state index in [4.69, 9.17) is 4.74 Å². The lowest BCUT2D eigenvalue weighted by Gasteiger charge is -2.37. The van der Waals surface area contributed by atoms with Crippen molar-refractivity contribution in [2.45, 2.75) is 33.0 Å². The Kier molecular flexibility index (Phi) is 3.70. The molecule has 2 heterocycles. The van der Waals surface area contributed by atoms with Gasteiger partial charge >= 0.3 is 0 Å². The fourth-order valence-electron chi connectivity index (χ4n) is 3.07. The quantitative estimate of drug-likeness (QED) is 0.630. The maximum atomic E-state index is 11.1. The summed E-state index contributed by atoms with van der Waals surface area (Å²) in [5.41, 5.74) is 2.78. The summed E-state index contributed by atoms with van der Waals surface area (Å²) in [6, 6.07) is 6.83. The number of pyridine rings is 1. The van der Waals surface area contributed by atoms with E-state index in [0.29, 0.717) is 0 Å². The summed E-state index contributed by atoms with van der Waals surface area (Å²) < 4.78 is 5.78. The number of benzene rings is 1. The number of nitro groups is 1. The molecule has 1 saturated heterocycles. The van der Waals surface area contributed by atoms with Crippen LogP contribution in [0.3, 0.4) is 0 Å². The van der Waals surface area contributed by atoms with Crippen molar-refractivity contribution in [3.8, 4) is 0 Å². The van der Waals surface area contributed by atoms with E-state index in [1.54, 1.807) is 12.1 Å². The smallest absolute Gasteiger partial charge is 0.270 e. The van der Waals surface area contributed by atoms with Gasteiger partial charge in [-0.25, -0.2) is 0 Å². The fraction of sp³-hybridized carbons (Fsp3) is 0.438. The van der Waals surface area contributed by atoms with E-state index < -0.39 is 0 Å². The van der Waals surface area contributed by atoms with Gasteiger partial charge in [-0.05, 0) is 32.9 Å². The van der Waals surface area contributed by atoms with Crippen molar-refractivity contribution < 1.29 is 9.66 Å². The molecule has 2 unspecified atom stereocenters. The van der Waals surface area contributed by atoms with Crippen molar-refractivity contribution in [1.82, 2.24) is 4.98 Å². The maximum absolute atomic E-state index is 11.1. The number of hydrogen-bond donors (Lipinski definition) is 0. The van der Waals surface area contributed by atoms with Crippen LogP contribution in [0.15, 0.2) is 24.3 Å². The number of aryl methyl sites for hydroxylation is 1. The first kappa shape index (κ1) is 14.7. The van der Waals surface area contributed by atoms with E-state index in [1.165, 1.54) is 6.07 Å². The van der Waals surface area contributed by atoms with Crippen molar-refractivity contribution in [2.24, 2.45) is 0 Å². The fourth-order valence-corrected chi connectivity index (χ4v) is 3.07. The van der Waals surface area contributed by atoms with Gasteiger partial charge in [0.05, 0.1) is 22.6 Å². The van der Waals surface area contributed by atoms with Crippen LogP contribution in [-0.4, -0.2) is 35.2 Å². The molecule has 2 aromatic rings. The summed E-state index contributed by atoms with van der Waals surface area (Å²) in [7, 11) is 0. The average Bonchev–Trinajstić information content (AvgIpc) is 2.44. The molecule has 3 rings (SSSR count). The van der Waals surface area contributed by atoms with Gasteiger partial charge in [-0.1, -0.05) is 0 Å². The van der Waals surface area contributed by atoms with Crippen LogP contribution in [-0.2, 0) is 4.74 Å². The Balaban J connectivity index is 2.14. The molecule has 1 aromatic heterocycles. The third kappa shape index (κ3) is 2.74. The standard InChI is InChI=1S/C16H19N3O3/c1-10-6-16(18-8-11(2)22-12(3)9-18)14-7-13(19(20)21)4-5-15(14)17-10/h4-7,11-12H,8-9H2,1-3H3. The Morgan fingerprint density at radius 2 is 1.95 bits per heavy atom. The number of nitrogens with zero attached hydrogens (tertiary/aromatic N) is 3. The Hall–Kier alpha value is -2.21. The molecule has 6 nitrogen and oxygen atoms in total. The molecule has 0 aliphatic carbocycles. The number of fused-ring (bicyclic) bond motifs is 1. The molecular formula is C16H19N3O3. The second-order valence-corrected chi connectivity index (χ2v) is 5.90. The third-order valence-corrected chi connectivity index (χ3v) is 3.87. The van der Waals surface area contributed by atoms with Crippen molar-refractivity contribution >= 4 is 22.3 Å². The normalized spacial score (nSPS) is 22.0. The highest BCUT2D eigenvalue weighted by molar-refractivity contribution is 5.93. The Morgan fingerprint density at radius 1 is 1.27 bits per heavy atom. The predicted molar refractivity (Wildman–Crippen MR) is 85.4 cm³/mol. The van der Waals surface area contributed by atoms with Crippen LogP contribution in [0.2, 0.25) is 0 Å². The molecular weight excluding hydrogens is 282 g/mol. The molecule has 22 heavy (non-hydrogen) atoms. The zero-order valence-electron chi connectivity index (χ0n) is 12.9. The number of rotatable bonds is 2. The lowest BCUT2D eigenvalue weighted by molar-refractivity contribution is -0.384. The topological polar surface area (TPSA) is 68.5 Å². The summed E-state index contributed by atoms with van der Waals surface area (Å²) in [5, 5.41) is 11.9. The van der Waals surface area contributed by atoms with E-state index in [-0.39, 0.29) is 22.8 Å². The van der Waals surface area contributed by atoms with Crippen molar-refractivity contribution in [3.63, 3.8) is 0 Å². The number of non-ortho nitro benzene ring substituents is 1. The summed E-state index contributed by atoms with van der Waals surface area (Å²) >= 11 is 0. The molecule has 1 aromatic carbocycles. The summed E-state index contributed by atoms with van der Waals surface area (Å²) in [5.74, 6) is 0. The maximum Gasteiger partial charge on any atom is 0.270 e. The largest absolute Gasteiger partial charge is 0.372 e. The number of anilines is 1. The molecule has 0 bridgehead atoms. The lowest BCUT2D eigenvalue weighted by atomic mass is 10.1. The molecule has 116 valence electrons. The zero-order valence-corrected chi connectivity index (χ0v) is 12.9. The van der Waals surface area contributed by atoms with Crippen LogP contribution in [0.5, 0.6) is 0 Å². The molecule has 0 N–H and O–H groups in total. The van der Waals surface area contributed by atoms with E-state index in [1.807, 2.05) is 26.8 Å². The van der Waals surface area contributed by atoms with Gasteiger partial charge in [-0.3, -0.25) is 15.1 Å². The number of morpholine rings is 1. The molecule has 1 fully saturated rings. The summed E-state index contributed by atoms with van der Waals surface area (Å²) in [4.78, 5) is 17.4. The average molecular weight is 301 g/mol. The van der Waals surface area contributed by atoms with Gasteiger partial charge in [-0.15, -0.1) is 0 Å². The van der Waals surface area contributed by atoms with Gasteiger partial charge in [0.2, 0.25) is 0 Å². The molecule has 1 aliphatic rings. The minimum Gasteiger partial charge on any atom is -0.372 e. The zero-order chi connectivity index (χ0) is 15.9. The van der Waals surface area contributed by atoms with Crippen LogP contribution in [0.25, 0.3) is 10.9 Å². The minimum absolute atomic E-state index is 0.0914. The van der Waals surface area contributed by atoms with Crippen LogP contribution in [0.1, 0.15) is 19.5 Å². The van der Waals surface area contributed by atoms with Gasteiger partial charge in [0, 0.05) is 42.0 Å². The van der Waals surface area contributed by atoms with Crippen molar-refractivity contribution in [2.75, 3.05) is 18.0 Å². The number of hydrogen-bond acceptors (Lipinski definition) is 5. The molecule has 2 atom stereocenters. The SMILES string of the molecule is Cc1cc(N2CC(C)OC(C)C2)c2cc([N+](=O)[O-])ccc2n1. The van der Waals surface area contributed by atoms with E-state index >= 15 is 0 Å². The second-order valence-electron chi connectivity index (χ2n) is 5.90. The van der Waals surface area contributed by atoms with Crippen molar-refractivity contribution in [3.05, 3.63) is 40.1 Å². The molecule has 6 heteroatoms. The van der Waals surface area contributed by atoms with E-state index in [0.717, 1.165) is 35.4 Å². The highest BCUT2D eigenvalue weighted by atomic mass is 16.6. The predicted octanol–water partition coefficient (Wildman–Crippen LogP) is 3.07. The first-order valence-corrected chi connectivity index (χ1v) is 7.40. The molecule has 1 aliphatic heterocycles. The van der Waals surface area contributed by atoms with E-state index in [9.17, 15) is 10.1 Å². The van der Waals surface area contributed by atoms with E-state index in [2.05, 4.69) is 9.88 Å². The first-order chi connectivity index (χ1) is 10.4. The van der Waals surface area contributed by atoms with Crippen LogP contribution in [0.4, 0.5) is 11.4 Å². The number of nitro benzene ring substituents is 1. The summed E-state index contributed by atoms with van der Waals surface area (Å²) in [6.07, 6.45) is 0.261. The highest BCUT2D eigenvalue weighted by Crippen LogP contribution is 2.31. The Bertz CT molecular complexity index is 722. The third-order valence-electron chi connectivity index (χ3n) is 3.87. The molecule has 0 spiro atoms. The van der Waals surface area contributed by atoms with Gasteiger partial charge < -0.3 is 9.64 Å². The van der Waals surface area contributed by atoms with Gasteiger partial charge in [0.1, 0.15) is 0 Å². The summed E-state index contributed by atoms with van der Waals surface area (Å²) in [6.45, 7) is 7.57. The Labute approximate surface area is 128 Å². The lowest BCUT2D eigenvalue weighted by Crippen LogP contribution is -2.45. The first-order valence-electron chi connectivity index (χ1n) is 7.40. The van der Waals surface area contributed by atoms with Crippen LogP contribution in [0, 0.1) is 17.0 Å². The molecule has 0 saturated carbocycles. The molecule has 0 amide bonds.